The number of oxime groups is 1. The average molecular weight is 622 g/mol. The first kappa shape index (κ1) is 31.7. The maximum Gasteiger partial charge on any atom is 0.406 e. The third kappa shape index (κ3) is 7.69. The summed E-state index contributed by atoms with van der Waals surface area (Å²) in [6, 6.07) is 13.6. The summed E-state index contributed by atoms with van der Waals surface area (Å²) in [4.78, 5) is 9.35. The van der Waals surface area contributed by atoms with Crippen LogP contribution < -0.4 is 10.2 Å². The van der Waals surface area contributed by atoms with Gasteiger partial charge in [0.25, 0.3) is 5.92 Å². The molecule has 3 heterocycles. The van der Waals surface area contributed by atoms with E-state index in [9.17, 15) is 26.3 Å². The topological polar surface area (TPSA) is 45.0 Å². The van der Waals surface area contributed by atoms with Crippen molar-refractivity contribution in [2.45, 2.75) is 63.5 Å². The van der Waals surface area contributed by atoms with Gasteiger partial charge in [-0.1, -0.05) is 29.9 Å². The van der Waals surface area contributed by atoms with Crippen LogP contribution in [0.1, 0.15) is 37.4 Å². The minimum atomic E-state index is -4.49. The molecule has 0 bridgehead atoms. The summed E-state index contributed by atoms with van der Waals surface area (Å²) in [5.41, 5.74) is 3.05. The molecule has 0 amide bonds. The van der Waals surface area contributed by atoms with Gasteiger partial charge in [-0.2, -0.15) is 13.2 Å². The van der Waals surface area contributed by atoms with E-state index in [2.05, 4.69) is 17.1 Å². The molecule has 0 radical (unpaired) electrons. The number of fused-ring (bicyclic) bond motifs is 1. The number of nitrogens with one attached hydrogen (secondary N) is 1. The highest BCUT2D eigenvalue weighted by Gasteiger charge is 2.34. The van der Waals surface area contributed by atoms with Gasteiger partial charge >= 0.3 is 6.18 Å². The Balaban J connectivity index is 1.30. The van der Waals surface area contributed by atoms with Crippen LogP contribution in [0.15, 0.2) is 66.0 Å². The molecule has 2 aliphatic rings. The van der Waals surface area contributed by atoms with E-state index in [1.165, 1.54) is 0 Å². The van der Waals surface area contributed by atoms with Crippen molar-refractivity contribution < 1.29 is 31.2 Å². The van der Waals surface area contributed by atoms with Crippen molar-refractivity contribution in [3.63, 3.8) is 0 Å². The Labute approximate surface area is 252 Å². The summed E-state index contributed by atoms with van der Waals surface area (Å²) in [6.45, 7) is 5.80. The van der Waals surface area contributed by atoms with Crippen LogP contribution in [0.25, 0.3) is 10.9 Å². The van der Waals surface area contributed by atoms with Crippen LogP contribution >= 0.6 is 0 Å². The van der Waals surface area contributed by atoms with E-state index in [1.807, 2.05) is 41.1 Å². The fourth-order valence-electron chi connectivity index (χ4n) is 5.84. The fourth-order valence-corrected chi connectivity index (χ4v) is 5.84. The molecule has 2 aliphatic heterocycles. The zero-order valence-electron chi connectivity index (χ0n) is 24.8. The number of likely N-dealkylation sites (tertiary alicyclic amines) is 1. The number of alkyl halides is 6. The van der Waals surface area contributed by atoms with Crippen molar-refractivity contribution >= 4 is 28.0 Å². The molecule has 2 atom stereocenters. The van der Waals surface area contributed by atoms with Crippen LogP contribution in [0.4, 0.5) is 37.7 Å². The fraction of sp³-hybridized carbons (Fsp3) is 0.469. The number of benzene rings is 2. The molecule has 238 valence electrons. The predicted molar refractivity (Wildman–Crippen MR) is 161 cm³/mol. The Morgan fingerprint density at radius 3 is 2.45 bits per heavy atom. The van der Waals surface area contributed by atoms with Crippen molar-refractivity contribution in [1.82, 2.24) is 9.47 Å². The molecule has 12 heteroatoms. The minimum Gasteiger partial charge on any atom is -0.379 e. The summed E-state index contributed by atoms with van der Waals surface area (Å²) in [6.07, 6.45) is -5.08. The number of halogens is 6. The summed E-state index contributed by atoms with van der Waals surface area (Å²) in [5.74, 6) is -2.33. The molecule has 2 fully saturated rings. The molecular weight excluding hydrogens is 584 g/mol. The molecule has 3 aromatic rings. The van der Waals surface area contributed by atoms with Gasteiger partial charge in [0.15, 0.2) is 0 Å². The van der Waals surface area contributed by atoms with Crippen molar-refractivity contribution in [3.05, 3.63) is 72.1 Å². The van der Waals surface area contributed by atoms with Crippen molar-refractivity contribution in [2.75, 3.05) is 43.4 Å². The van der Waals surface area contributed by atoms with Crippen LogP contribution in [-0.4, -0.2) is 72.7 Å². The number of allylic oxidation sites excluding steroid dienone is 1. The third-order valence-electron chi connectivity index (χ3n) is 8.25. The molecule has 1 N–H and O–H groups in total. The molecule has 44 heavy (non-hydrogen) atoms. The lowest BCUT2D eigenvalue weighted by Gasteiger charge is -2.33. The van der Waals surface area contributed by atoms with E-state index in [4.69, 9.17) is 4.84 Å². The van der Waals surface area contributed by atoms with Gasteiger partial charge < -0.3 is 24.5 Å². The first-order chi connectivity index (χ1) is 20.8. The largest absolute Gasteiger partial charge is 0.406 e. The van der Waals surface area contributed by atoms with E-state index in [0.29, 0.717) is 36.0 Å². The van der Waals surface area contributed by atoms with Crippen molar-refractivity contribution in [1.29, 1.82) is 0 Å². The molecule has 6 nitrogen and oxygen atoms in total. The van der Waals surface area contributed by atoms with Gasteiger partial charge in [-0.15, -0.1) is 0 Å². The molecule has 2 saturated heterocycles. The average Bonchev–Trinajstić information content (AvgIpc) is 3.31. The van der Waals surface area contributed by atoms with Gasteiger partial charge in [0, 0.05) is 62.2 Å². The van der Waals surface area contributed by atoms with Gasteiger partial charge in [0.1, 0.15) is 24.2 Å². The summed E-state index contributed by atoms with van der Waals surface area (Å²) in [5, 5.41) is 7.87. The molecule has 2 unspecified atom stereocenters. The van der Waals surface area contributed by atoms with Crippen LogP contribution in [0, 0.1) is 0 Å². The standard InChI is InChI=1S/C32H37F6N5O/c1-21(17-23-7-9-24(10-8-23)42-15-12-31(34,35)13-16-42)44-40-22(2)30-18-25-27(39-28-11-14-41(3)19-26(28)33)5-4-6-29(25)43(30)20-32(36,37)38/h4-10,18,26,28,39H,1,11-17,19-20H2,2-3H3/b40-22+. The monoisotopic (exact) mass is 621 g/mol. The Hall–Kier alpha value is -3.67. The number of piperidine rings is 2. The lowest BCUT2D eigenvalue weighted by Crippen LogP contribution is -2.46. The predicted octanol–water partition coefficient (Wildman–Crippen LogP) is 7.39. The van der Waals surface area contributed by atoms with Gasteiger partial charge in [0.05, 0.1) is 17.3 Å². The van der Waals surface area contributed by atoms with Crippen molar-refractivity contribution in [3.8, 4) is 0 Å². The molecular formula is C32H37F6N5O. The SMILES string of the molecule is C=C(Cc1ccc(N2CCC(F)(F)CC2)cc1)O/N=C(\C)c1cc2c(NC3CCN(C)CC3F)cccc2n1CC(F)(F)F. The quantitative estimate of drug-likeness (QED) is 0.117. The highest BCUT2D eigenvalue weighted by molar-refractivity contribution is 6.04. The maximum absolute atomic E-state index is 14.8. The number of anilines is 2. The van der Waals surface area contributed by atoms with Crippen LogP contribution in [-0.2, 0) is 17.8 Å². The minimum absolute atomic E-state index is 0.174. The van der Waals surface area contributed by atoms with Crippen molar-refractivity contribution in [2.24, 2.45) is 5.16 Å². The molecule has 0 saturated carbocycles. The second-order valence-electron chi connectivity index (χ2n) is 11.8. The van der Waals surface area contributed by atoms with Crippen LogP contribution in [0.3, 0.4) is 0 Å². The number of nitrogens with zero attached hydrogens (tertiary/aromatic N) is 4. The normalized spacial score (nSPS) is 21.5. The lowest BCUT2D eigenvalue weighted by atomic mass is 10.0. The van der Waals surface area contributed by atoms with E-state index in [0.717, 1.165) is 15.8 Å². The third-order valence-corrected chi connectivity index (χ3v) is 8.25. The second-order valence-corrected chi connectivity index (χ2v) is 11.8. The zero-order valence-corrected chi connectivity index (χ0v) is 24.8. The Morgan fingerprint density at radius 1 is 1.09 bits per heavy atom. The van der Waals surface area contributed by atoms with E-state index < -0.39 is 30.9 Å². The molecule has 1 aromatic heterocycles. The highest BCUT2D eigenvalue weighted by atomic mass is 19.4. The van der Waals surface area contributed by atoms with E-state index in [1.54, 1.807) is 31.2 Å². The Kier molecular flexibility index (Phi) is 9.20. The van der Waals surface area contributed by atoms with Gasteiger partial charge in [-0.25, -0.2) is 13.2 Å². The number of aromatic nitrogens is 1. The summed E-state index contributed by atoms with van der Waals surface area (Å²) >= 11 is 0. The second kappa shape index (κ2) is 12.7. The van der Waals surface area contributed by atoms with E-state index >= 15 is 0 Å². The molecule has 5 rings (SSSR count). The van der Waals surface area contributed by atoms with Gasteiger partial charge in [0.2, 0.25) is 0 Å². The Morgan fingerprint density at radius 2 is 1.80 bits per heavy atom. The van der Waals surface area contributed by atoms with Crippen LogP contribution in [0.2, 0.25) is 0 Å². The van der Waals surface area contributed by atoms with Gasteiger partial charge in [-0.05, 0) is 56.3 Å². The summed E-state index contributed by atoms with van der Waals surface area (Å²) in [7, 11) is 1.85. The van der Waals surface area contributed by atoms with Gasteiger partial charge in [-0.3, -0.25) is 0 Å². The number of hydrogen-bond acceptors (Lipinski definition) is 5. The smallest absolute Gasteiger partial charge is 0.379 e. The number of rotatable bonds is 9. The first-order valence-corrected chi connectivity index (χ1v) is 14.7. The first-order valence-electron chi connectivity index (χ1n) is 14.7. The summed E-state index contributed by atoms with van der Waals surface area (Å²) < 4.78 is 83.9. The molecule has 2 aromatic carbocycles. The maximum atomic E-state index is 14.8. The highest BCUT2D eigenvalue weighted by Crippen LogP contribution is 2.33. The lowest BCUT2D eigenvalue weighted by molar-refractivity contribution is -0.139. The molecule has 0 aliphatic carbocycles. The Bertz CT molecular complexity index is 1490. The molecule has 0 spiro atoms. The number of hydrogen-bond donors (Lipinski definition) is 1. The zero-order chi connectivity index (χ0) is 31.6. The van der Waals surface area contributed by atoms with E-state index in [-0.39, 0.29) is 49.6 Å². The van der Waals surface area contributed by atoms with Crippen LogP contribution in [0.5, 0.6) is 0 Å².